The SMILES string of the molecule is CCCCCC(O)c1ccc([C@@H]2[C@@H](CCCc3ccc(C(=O)O)s3)[C@H](Cl)C[C@H]2O)cc1. The molecule has 1 heterocycles. The Morgan fingerprint density at radius 2 is 1.90 bits per heavy atom. The molecule has 31 heavy (non-hydrogen) atoms. The number of unbranched alkanes of at least 4 members (excludes halogenated alkanes) is 2. The number of aryl methyl sites for hydroxylation is 1. The molecule has 1 aliphatic rings. The number of benzene rings is 1. The van der Waals surface area contributed by atoms with Gasteiger partial charge in [0.2, 0.25) is 0 Å². The highest BCUT2D eigenvalue weighted by molar-refractivity contribution is 7.13. The molecule has 0 amide bonds. The molecule has 1 fully saturated rings. The molecule has 170 valence electrons. The van der Waals surface area contributed by atoms with Gasteiger partial charge in [-0.1, -0.05) is 50.5 Å². The zero-order valence-electron chi connectivity index (χ0n) is 18.0. The average molecular weight is 465 g/mol. The minimum absolute atomic E-state index is 0.00768. The number of carboxylic acid groups (broad SMARTS) is 1. The summed E-state index contributed by atoms with van der Waals surface area (Å²) in [6.07, 6.45) is 6.37. The maximum absolute atomic E-state index is 11.1. The Balaban J connectivity index is 1.61. The van der Waals surface area contributed by atoms with Crippen LogP contribution in [0.1, 0.15) is 89.6 Å². The van der Waals surface area contributed by atoms with E-state index in [1.807, 2.05) is 30.3 Å². The van der Waals surface area contributed by atoms with Crippen molar-refractivity contribution < 1.29 is 20.1 Å². The van der Waals surface area contributed by atoms with Crippen molar-refractivity contribution in [2.75, 3.05) is 0 Å². The van der Waals surface area contributed by atoms with Gasteiger partial charge in [-0.2, -0.15) is 0 Å². The van der Waals surface area contributed by atoms with Crippen LogP contribution in [0.2, 0.25) is 0 Å². The fourth-order valence-corrected chi connectivity index (χ4v) is 6.08. The fourth-order valence-electron chi connectivity index (χ4n) is 4.73. The first-order valence-corrected chi connectivity index (χ1v) is 12.6. The van der Waals surface area contributed by atoms with Crippen molar-refractivity contribution in [2.24, 2.45) is 5.92 Å². The van der Waals surface area contributed by atoms with Crippen molar-refractivity contribution >= 4 is 28.9 Å². The molecule has 0 spiro atoms. The van der Waals surface area contributed by atoms with Crippen LogP contribution in [0.15, 0.2) is 36.4 Å². The van der Waals surface area contributed by atoms with Gasteiger partial charge >= 0.3 is 5.97 Å². The van der Waals surface area contributed by atoms with Gasteiger partial charge < -0.3 is 15.3 Å². The third-order valence-corrected chi connectivity index (χ3v) is 8.06. The van der Waals surface area contributed by atoms with Crippen LogP contribution in [-0.2, 0) is 6.42 Å². The smallest absolute Gasteiger partial charge is 0.345 e. The van der Waals surface area contributed by atoms with E-state index >= 15 is 0 Å². The summed E-state index contributed by atoms with van der Waals surface area (Å²) in [6.45, 7) is 2.16. The van der Waals surface area contributed by atoms with Gasteiger partial charge in [0.15, 0.2) is 0 Å². The van der Waals surface area contributed by atoms with E-state index in [0.29, 0.717) is 11.3 Å². The number of aliphatic hydroxyl groups excluding tert-OH is 2. The predicted molar refractivity (Wildman–Crippen MR) is 126 cm³/mol. The summed E-state index contributed by atoms with van der Waals surface area (Å²) in [7, 11) is 0. The molecule has 2 aromatic rings. The molecule has 3 N–H and O–H groups in total. The van der Waals surface area contributed by atoms with Gasteiger partial charge in [0.05, 0.1) is 12.2 Å². The van der Waals surface area contributed by atoms with Gasteiger partial charge in [-0.05, 0) is 61.3 Å². The van der Waals surface area contributed by atoms with Crippen LogP contribution < -0.4 is 0 Å². The second kappa shape index (κ2) is 11.5. The Morgan fingerprint density at radius 1 is 1.16 bits per heavy atom. The van der Waals surface area contributed by atoms with Gasteiger partial charge in [0, 0.05) is 16.2 Å². The molecule has 0 saturated heterocycles. The molecule has 0 aliphatic heterocycles. The number of thiophene rings is 1. The van der Waals surface area contributed by atoms with Crippen molar-refractivity contribution in [3.05, 3.63) is 57.3 Å². The van der Waals surface area contributed by atoms with Crippen LogP contribution in [0.5, 0.6) is 0 Å². The second-order valence-corrected chi connectivity index (χ2v) is 10.4. The number of aliphatic hydroxyl groups is 2. The van der Waals surface area contributed by atoms with Gasteiger partial charge in [0.1, 0.15) is 4.88 Å². The average Bonchev–Trinajstić information content (AvgIpc) is 3.33. The van der Waals surface area contributed by atoms with Crippen molar-refractivity contribution in [3.8, 4) is 0 Å². The highest BCUT2D eigenvalue weighted by Gasteiger charge is 2.41. The maximum Gasteiger partial charge on any atom is 0.345 e. The lowest BCUT2D eigenvalue weighted by atomic mass is 9.84. The predicted octanol–water partition coefficient (Wildman–Crippen LogP) is 6.15. The number of halogens is 1. The van der Waals surface area contributed by atoms with Gasteiger partial charge in [0.25, 0.3) is 0 Å². The number of rotatable bonds is 11. The van der Waals surface area contributed by atoms with Crippen LogP contribution in [0.25, 0.3) is 0 Å². The molecule has 1 aliphatic carbocycles. The zero-order valence-corrected chi connectivity index (χ0v) is 19.6. The highest BCUT2D eigenvalue weighted by atomic mass is 35.5. The molecule has 0 bridgehead atoms. The maximum atomic E-state index is 11.1. The van der Waals surface area contributed by atoms with Crippen molar-refractivity contribution in [3.63, 3.8) is 0 Å². The molecule has 1 aromatic carbocycles. The molecule has 1 saturated carbocycles. The fraction of sp³-hybridized carbons (Fsp3) is 0.560. The third kappa shape index (κ3) is 6.32. The first-order chi connectivity index (χ1) is 14.9. The molecule has 3 rings (SSSR count). The van der Waals surface area contributed by atoms with E-state index in [1.54, 1.807) is 6.07 Å². The van der Waals surface area contributed by atoms with Crippen molar-refractivity contribution in [1.82, 2.24) is 0 Å². The molecule has 1 unspecified atom stereocenters. The van der Waals surface area contributed by atoms with Crippen LogP contribution in [0.4, 0.5) is 0 Å². The number of hydrogen-bond acceptors (Lipinski definition) is 4. The summed E-state index contributed by atoms with van der Waals surface area (Å²) >= 11 is 7.95. The second-order valence-electron chi connectivity index (χ2n) is 8.65. The molecular weight excluding hydrogens is 432 g/mol. The van der Waals surface area contributed by atoms with Gasteiger partial charge in [-0.25, -0.2) is 4.79 Å². The summed E-state index contributed by atoms with van der Waals surface area (Å²) in [5, 5.41) is 30.1. The largest absolute Gasteiger partial charge is 0.477 e. The molecule has 6 heteroatoms. The molecule has 1 aromatic heterocycles. The Morgan fingerprint density at radius 3 is 2.55 bits per heavy atom. The van der Waals surface area contributed by atoms with E-state index in [9.17, 15) is 15.0 Å². The minimum Gasteiger partial charge on any atom is -0.477 e. The number of alkyl halides is 1. The van der Waals surface area contributed by atoms with E-state index in [0.717, 1.165) is 60.9 Å². The molecule has 0 radical (unpaired) electrons. The van der Waals surface area contributed by atoms with Crippen molar-refractivity contribution in [2.45, 2.75) is 81.8 Å². The van der Waals surface area contributed by atoms with Crippen LogP contribution >= 0.6 is 22.9 Å². The third-order valence-electron chi connectivity index (χ3n) is 6.43. The van der Waals surface area contributed by atoms with Crippen LogP contribution in [0, 0.1) is 5.92 Å². The van der Waals surface area contributed by atoms with Crippen LogP contribution in [0.3, 0.4) is 0 Å². The Kier molecular flexibility index (Phi) is 8.96. The lowest BCUT2D eigenvalue weighted by molar-refractivity contribution is 0.0702. The van der Waals surface area contributed by atoms with E-state index in [1.165, 1.54) is 11.3 Å². The summed E-state index contributed by atoms with van der Waals surface area (Å²) < 4.78 is 0. The number of aromatic carboxylic acids is 1. The van der Waals surface area contributed by atoms with E-state index in [2.05, 4.69) is 6.92 Å². The first kappa shape index (κ1) is 24.2. The lowest BCUT2D eigenvalue weighted by Crippen LogP contribution is -2.19. The molecule has 4 nitrogen and oxygen atoms in total. The summed E-state index contributed by atoms with van der Waals surface area (Å²) in [4.78, 5) is 12.5. The van der Waals surface area contributed by atoms with Crippen molar-refractivity contribution in [1.29, 1.82) is 0 Å². The van der Waals surface area contributed by atoms with Gasteiger partial charge in [-0.15, -0.1) is 22.9 Å². The first-order valence-electron chi connectivity index (χ1n) is 11.3. The van der Waals surface area contributed by atoms with E-state index < -0.39 is 18.2 Å². The van der Waals surface area contributed by atoms with E-state index in [4.69, 9.17) is 16.7 Å². The Labute approximate surface area is 193 Å². The monoisotopic (exact) mass is 464 g/mol. The zero-order chi connectivity index (χ0) is 22.4. The lowest BCUT2D eigenvalue weighted by Gasteiger charge is -2.24. The molecule has 5 atom stereocenters. The van der Waals surface area contributed by atoms with Crippen LogP contribution in [-0.4, -0.2) is 32.8 Å². The Hall–Kier alpha value is -1.40. The topological polar surface area (TPSA) is 77.8 Å². The Bertz CT molecular complexity index is 834. The molecular formula is C25H33ClO4S. The quantitative estimate of drug-likeness (QED) is 0.275. The summed E-state index contributed by atoms with van der Waals surface area (Å²) in [6, 6.07) is 11.6. The van der Waals surface area contributed by atoms with Gasteiger partial charge in [-0.3, -0.25) is 0 Å². The number of carboxylic acids is 1. The standard InChI is InChI=1S/C25H33ClO4S/c1-2-3-4-8-21(27)16-9-11-17(12-10-16)24-19(20(26)15-22(24)28)7-5-6-18-13-14-23(31-18)25(29)30/h9-14,19-22,24,27-28H,2-8,15H2,1H3,(H,29,30)/t19-,20+,21?,22+,24+/m0/s1. The highest BCUT2D eigenvalue weighted by Crippen LogP contribution is 2.45. The number of hydrogen-bond donors (Lipinski definition) is 3. The number of carbonyl (C=O) groups is 1. The summed E-state index contributed by atoms with van der Waals surface area (Å²) in [5.74, 6) is -0.711. The minimum atomic E-state index is -0.880. The normalized spacial score (nSPS) is 24.4. The van der Waals surface area contributed by atoms with E-state index in [-0.39, 0.29) is 17.2 Å². The summed E-state index contributed by atoms with van der Waals surface area (Å²) in [5.41, 5.74) is 2.01.